The van der Waals surface area contributed by atoms with Crippen LogP contribution in [0, 0.1) is 5.82 Å². The molecule has 3 nitrogen and oxygen atoms in total. The fraction of sp³-hybridized carbons (Fsp3) is 0.364. The topological polar surface area (TPSA) is 55.1 Å². The first-order valence-electron chi connectivity index (χ1n) is 4.88. The fourth-order valence-electron chi connectivity index (χ4n) is 1.18. The molecule has 1 aromatic rings. The summed E-state index contributed by atoms with van der Waals surface area (Å²) in [5, 5.41) is 2.63. The van der Waals surface area contributed by atoms with Gasteiger partial charge in [-0.15, -0.1) is 12.4 Å². The molecule has 1 aromatic carbocycles. The van der Waals surface area contributed by atoms with Crippen molar-refractivity contribution in [2.24, 2.45) is 5.73 Å². The maximum atomic E-state index is 13.1. The van der Waals surface area contributed by atoms with Crippen molar-refractivity contribution in [2.45, 2.75) is 19.4 Å². The maximum Gasteiger partial charge on any atom is 0.236 e. The molecule has 0 bridgehead atoms. The first-order valence-corrected chi connectivity index (χ1v) is 4.88. The third kappa shape index (κ3) is 4.59. The van der Waals surface area contributed by atoms with Gasteiger partial charge >= 0.3 is 0 Å². The van der Waals surface area contributed by atoms with Crippen LogP contribution in [0.4, 0.5) is 4.39 Å². The van der Waals surface area contributed by atoms with E-state index in [4.69, 9.17) is 5.73 Å². The van der Waals surface area contributed by atoms with E-state index in [2.05, 4.69) is 5.32 Å². The van der Waals surface area contributed by atoms with Crippen molar-refractivity contribution in [3.8, 4) is 0 Å². The number of hydrogen-bond donors (Lipinski definition) is 2. The maximum absolute atomic E-state index is 13.1. The molecule has 0 aliphatic rings. The van der Waals surface area contributed by atoms with Crippen molar-refractivity contribution in [2.75, 3.05) is 6.54 Å². The minimum absolute atomic E-state index is 0. The molecule has 0 spiro atoms. The van der Waals surface area contributed by atoms with Crippen LogP contribution in [-0.4, -0.2) is 18.5 Å². The van der Waals surface area contributed by atoms with Gasteiger partial charge in [0, 0.05) is 6.54 Å². The van der Waals surface area contributed by atoms with E-state index in [1.165, 1.54) is 6.07 Å². The van der Waals surface area contributed by atoms with Gasteiger partial charge in [-0.25, -0.2) is 4.39 Å². The Bertz CT molecular complexity index is 345. The SMILES string of the molecule is CC(N)C(=O)NCCc1ccccc1F.Cl. The van der Waals surface area contributed by atoms with E-state index in [0.29, 0.717) is 18.5 Å². The lowest BCUT2D eigenvalue weighted by atomic mass is 10.1. The number of hydrogen-bond acceptors (Lipinski definition) is 2. The van der Waals surface area contributed by atoms with E-state index >= 15 is 0 Å². The van der Waals surface area contributed by atoms with Crippen LogP contribution in [0.5, 0.6) is 0 Å². The third-order valence-corrected chi connectivity index (χ3v) is 2.06. The average Bonchev–Trinajstić information content (AvgIpc) is 2.20. The van der Waals surface area contributed by atoms with Crippen LogP contribution in [0.2, 0.25) is 0 Å². The van der Waals surface area contributed by atoms with Crippen LogP contribution in [0.15, 0.2) is 24.3 Å². The quantitative estimate of drug-likeness (QED) is 0.840. The summed E-state index contributed by atoms with van der Waals surface area (Å²) in [5.41, 5.74) is 5.96. The Hall–Kier alpha value is -1.13. The van der Waals surface area contributed by atoms with Gasteiger partial charge in [-0.05, 0) is 25.0 Å². The van der Waals surface area contributed by atoms with Gasteiger partial charge < -0.3 is 11.1 Å². The summed E-state index contributed by atoms with van der Waals surface area (Å²) in [6.45, 7) is 2.01. The Morgan fingerprint density at radius 3 is 2.69 bits per heavy atom. The number of carbonyl (C=O) groups is 1. The van der Waals surface area contributed by atoms with Gasteiger partial charge in [0.2, 0.25) is 5.91 Å². The molecule has 16 heavy (non-hydrogen) atoms. The lowest BCUT2D eigenvalue weighted by Crippen LogP contribution is -2.39. The largest absolute Gasteiger partial charge is 0.354 e. The molecule has 0 aromatic heterocycles. The lowest BCUT2D eigenvalue weighted by molar-refractivity contribution is -0.121. The third-order valence-electron chi connectivity index (χ3n) is 2.06. The van der Waals surface area contributed by atoms with E-state index in [0.717, 1.165) is 0 Å². The first kappa shape index (κ1) is 14.9. The normalized spacial score (nSPS) is 11.4. The van der Waals surface area contributed by atoms with Gasteiger partial charge in [0.25, 0.3) is 0 Å². The second kappa shape index (κ2) is 7.19. The molecule has 1 unspecified atom stereocenters. The molecule has 0 saturated heterocycles. The van der Waals surface area contributed by atoms with Crippen molar-refractivity contribution < 1.29 is 9.18 Å². The summed E-state index contributed by atoms with van der Waals surface area (Å²) < 4.78 is 13.1. The molecule has 5 heteroatoms. The van der Waals surface area contributed by atoms with E-state index in [1.807, 2.05) is 0 Å². The molecule has 1 rings (SSSR count). The Labute approximate surface area is 101 Å². The number of benzene rings is 1. The number of nitrogens with two attached hydrogens (primary N) is 1. The fourth-order valence-corrected chi connectivity index (χ4v) is 1.18. The number of rotatable bonds is 4. The lowest BCUT2D eigenvalue weighted by Gasteiger charge is -2.07. The summed E-state index contributed by atoms with van der Waals surface area (Å²) >= 11 is 0. The van der Waals surface area contributed by atoms with Crippen molar-refractivity contribution in [1.29, 1.82) is 0 Å². The van der Waals surface area contributed by atoms with Crippen molar-refractivity contribution in [3.63, 3.8) is 0 Å². The standard InChI is InChI=1S/C11H15FN2O.ClH/c1-8(13)11(15)14-7-6-9-4-2-3-5-10(9)12;/h2-5,8H,6-7,13H2,1H3,(H,14,15);1H. The second-order valence-corrected chi connectivity index (χ2v) is 3.42. The molecule has 0 aliphatic carbocycles. The number of nitrogens with one attached hydrogen (secondary N) is 1. The van der Waals surface area contributed by atoms with E-state index in [1.54, 1.807) is 25.1 Å². The zero-order valence-corrected chi connectivity index (χ0v) is 9.89. The van der Waals surface area contributed by atoms with Crippen LogP contribution in [0.3, 0.4) is 0 Å². The Kier molecular flexibility index (Phi) is 6.69. The van der Waals surface area contributed by atoms with Crippen molar-refractivity contribution >= 4 is 18.3 Å². The Morgan fingerprint density at radius 1 is 1.50 bits per heavy atom. The molecule has 0 saturated carbocycles. The highest BCUT2D eigenvalue weighted by Gasteiger charge is 2.06. The number of amides is 1. The molecule has 90 valence electrons. The van der Waals surface area contributed by atoms with Crippen LogP contribution in [0.1, 0.15) is 12.5 Å². The first-order chi connectivity index (χ1) is 7.11. The number of halogens is 2. The van der Waals surface area contributed by atoms with Gasteiger partial charge in [0.1, 0.15) is 5.82 Å². The minimum Gasteiger partial charge on any atom is -0.354 e. The van der Waals surface area contributed by atoms with Gasteiger partial charge in [-0.2, -0.15) is 0 Å². The highest BCUT2D eigenvalue weighted by Crippen LogP contribution is 2.05. The van der Waals surface area contributed by atoms with E-state index in [-0.39, 0.29) is 24.1 Å². The average molecular weight is 247 g/mol. The smallest absolute Gasteiger partial charge is 0.236 e. The summed E-state index contributed by atoms with van der Waals surface area (Å²) in [5.74, 6) is -0.459. The van der Waals surface area contributed by atoms with E-state index in [9.17, 15) is 9.18 Å². The highest BCUT2D eigenvalue weighted by molar-refractivity contribution is 5.85. The summed E-state index contributed by atoms with van der Waals surface area (Å²) in [7, 11) is 0. The summed E-state index contributed by atoms with van der Waals surface area (Å²) in [6.07, 6.45) is 0.477. The van der Waals surface area contributed by atoms with Crippen LogP contribution in [-0.2, 0) is 11.2 Å². The summed E-state index contributed by atoms with van der Waals surface area (Å²) in [4.78, 5) is 11.1. The molecular formula is C11H16ClFN2O. The Morgan fingerprint density at radius 2 is 2.12 bits per heavy atom. The molecular weight excluding hydrogens is 231 g/mol. The summed E-state index contributed by atoms with van der Waals surface area (Å²) in [6, 6.07) is 5.99. The molecule has 0 fully saturated rings. The molecule has 3 N–H and O–H groups in total. The molecule has 0 aliphatic heterocycles. The van der Waals surface area contributed by atoms with Gasteiger partial charge in [0.15, 0.2) is 0 Å². The highest BCUT2D eigenvalue weighted by atomic mass is 35.5. The molecule has 0 heterocycles. The van der Waals surface area contributed by atoms with Crippen LogP contribution in [0.25, 0.3) is 0 Å². The van der Waals surface area contributed by atoms with E-state index < -0.39 is 6.04 Å². The second-order valence-electron chi connectivity index (χ2n) is 3.42. The van der Waals surface area contributed by atoms with Crippen LogP contribution >= 0.6 is 12.4 Å². The predicted octanol–water partition coefficient (Wildman–Crippen LogP) is 1.25. The number of carbonyl (C=O) groups excluding carboxylic acids is 1. The van der Waals surface area contributed by atoms with Crippen LogP contribution < -0.4 is 11.1 Å². The Balaban J connectivity index is 0.00000225. The van der Waals surface area contributed by atoms with Crippen molar-refractivity contribution in [1.82, 2.24) is 5.32 Å². The zero-order chi connectivity index (χ0) is 11.3. The molecule has 1 atom stereocenters. The van der Waals surface area contributed by atoms with Gasteiger partial charge in [-0.1, -0.05) is 18.2 Å². The monoisotopic (exact) mass is 246 g/mol. The molecule has 0 radical (unpaired) electrons. The molecule has 1 amide bonds. The van der Waals surface area contributed by atoms with Gasteiger partial charge in [-0.3, -0.25) is 4.79 Å². The minimum atomic E-state index is -0.523. The van der Waals surface area contributed by atoms with Gasteiger partial charge in [0.05, 0.1) is 6.04 Å². The zero-order valence-electron chi connectivity index (χ0n) is 9.07. The van der Waals surface area contributed by atoms with Crippen molar-refractivity contribution in [3.05, 3.63) is 35.6 Å². The predicted molar refractivity (Wildman–Crippen MR) is 64.0 cm³/mol.